The maximum Gasteiger partial charge on any atom is 0.220 e. The zero-order valence-electron chi connectivity index (χ0n) is 32.3. The van der Waals surface area contributed by atoms with Gasteiger partial charge in [-0.2, -0.15) is 0 Å². The average molecular weight is 765 g/mol. The number of nitrogens with one attached hydrogen (secondary N) is 1. The molecule has 1 heterocycles. The zero-order chi connectivity index (χ0) is 37.8. The number of ether oxygens (including phenoxy) is 3. The Morgan fingerprint density at radius 1 is 0.764 bits per heavy atom. The fourth-order valence-electron chi connectivity index (χ4n) is 8.15. The summed E-state index contributed by atoms with van der Waals surface area (Å²) in [4.78, 5) is 15.5. The summed E-state index contributed by atoms with van der Waals surface area (Å²) in [7, 11) is 5.10. The van der Waals surface area contributed by atoms with Crippen molar-refractivity contribution < 1.29 is 23.4 Å². The molecule has 5 aromatic rings. The summed E-state index contributed by atoms with van der Waals surface area (Å²) in [6, 6.07) is 41.1. The van der Waals surface area contributed by atoms with Crippen LogP contribution in [0, 0.1) is 5.82 Å². The Bertz CT molecular complexity index is 1880. The third-order valence-electron chi connectivity index (χ3n) is 11.1. The lowest BCUT2D eigenvalue weighted by Crippen LogP contribution is -2.38. The summed E-state index contributed by atoms with van der Waals surface area (Å²) in [5.74, 6) is 2.14. The van der Waals surface area contributed by atoms with Crippen molar-refractivity contribution in [2.24, 2.45) is 0 Å². The van der Waals surface area contributed by atoms with E-state index in [9.17, 15) is 9.18 Å². The van der Waals surface area contributed by atoms with Crippen molar-refractivity contribution in [3.05, 3.63) is 161 Å². The summed E-state index contributed by atoms with van der Waals surface area (Å²) in [6.07, 6.45) is 6.47. The summed E-state index contributed by atoms with van der Waals surface area (Å²) >= 11 is 0. The predicted octanol–water partition coefficient (Wildman–Crippen LogP) is 9.71. The van der Waals surface area contributed by atoms with Crippen LogP contribution in [0.4, 0.5) is 4.39 Å². The van der Waals surface area contributed by atoms with E-state index in [1.54, 1.807) is 33.5 Å². The third-order valence-corrected chi connectivity index (χ3v) is 11.1. The fraction of sp³-hybridized carbons (Fsp3) is 0.340. The van der Waals surface area contributed by atoms with Crippen LogP contribution in [0.25, 0.3) is 0 Å². The molecule has 1 N–H and O–H groups in total. The lowest BCUT2D eigenvalue weighted by atomic mass is 9.68. The van der Waals surface area contributed by atoms with E-state index in [4.69, 9.17) is 14.2 Å². The van der Waals surface area contributed by atoms with Crippen molar-refractivity contribution >= 4 is 18.3 Å². The van der Waals surface area contributed by atoms with E-state index in [0.29, 0.717) is 19.4 Å². The molecule has 1 amide bonds. The molecule has 55 heavy (non-hydrogen) atoms. The van der Waals surface area contributed by atoms with Gasteiger partial charge in [0.25, 0.3) is 0 Å². The molecule has 0 radical (unpaired) electrons. The Labute approximate surface area is 332 Å². The molecule has 0 aliphatic carbocycles. The lowest BCUT2D eigenvalue weighted by molar-refractivity contribution is -0.121. The van der Waals surface area contributed by atoms with Crippen LogP contribution in [-0.2, 0) is 29.5 Å². The second-order valence-corrected chi connectivity index (χ2v) is 14.3. The second-order valence-electron chi connectivity index (χ2n) is 14.3. The van der Waals surface area contributed by atoms with Gasteiger partial charge in [0.15, 0.2) is 11.5 Å². The number of fused-ring (bicyclic) bond motifs is 1. The Balaban J connectivity index is 0.00000580. The highest BCUT2D eigenvalue weighted by atomic mass is 35.5. The molecule has 0 fully saturated rings. The molecule has 0 saturated heterocycles. The van der Waals surface area contributed by atoms with E-state index < -0.39 is 0 Å². The van der Waals surface area contributed by atoms with E-state index >= 15 is 0 Å². The normalized spacial score (nSPS) is 14.0. The largest absolute Gasteiger partial charge is 0.497 e. The van der Waals surface area contributed by atoms with Gasteiger partial charge in [-0.25, -0.2) is 4.39 Å². The SMILES string of the molecule is COc1ccc(CC2c3cc(OC)c(OC)cc3CCN2CCCC(CCCNC(=O)CCc2ccc(F)cc2)(c2ccccc2)c2ccccc2)cc1.Cl. The summed E-state index contributed by atoms with van der Waals surface area (Å²) in [5, 5.41) is 3.16. The monoisotopic (exact) mass is 764 g/mol. The molecule has 0 saturated carbocycles. The van der Waals surface area contributed by atoms with Crippen molar-refractivity contribution in [1.29, 1.82) is 0 Å². The van der Waals surface area contributed by atoms with Crippen molar-refractivity contribution in [3.63, 3.8) is 0 Å². The lowest BCUT2D eigenvalue weighted by Gasteiger charge is -2.40. The van der Waals surface area contributed by atoms with Crippen molar-refractivity contribution in [1.82, 2.24) is 10.2 Å². The highest BCUT2D eigenvalue weighted by molar-refractivity contribution is 5.85. The fourth-order valence-corrected chi connectivity index (χ4v) is 8.15. The van der Waals surface area contributed by atoms with Crippen LogP contribution in [0.1, 0.15) is 71.5 Å². The number of methoxy groups -OCH3 is 3. The average Bonchev–Trinajstić information content (AvgIpc) is 3.22. The number of rotatable bonds is 18. The molecular formula is C47H54ClFN2O4. The van der Waals surface area contributed by atoms with Crippen molar-refractivity contribution in [3.8, 4) is 17.2 Å². The van der Waals surface area contributed by atoms with E-state index in [2.05, 4.69) is 95.1 Å². The topological polar surface area (TPSA) is 60.0 Å². The number of benzene rings is 5. The van der Waals surface area contributed by atoms with Gasteiger partial charge in [-0.05, 0) is 121 Å². The highest BCUT2D eigenvalue weighted by Gasteiger charge is 2.35. The summed E-state index contributed by atoms with van der Waals surface area (Å²) in [5.41, 5.74) is 7.20. The van der Waals surface area contributed by atoms with E-state index in [1.807, 2.05) is 12.1 Å². The number of carbonyl (C=O) groups excluding carboxylic acids is 1. The van der Waals surface area contributed by atoms with Crippen LogP contribution in [0.3, 0.4) is 0 Å². The molecule has 1 unspecified atom stereocenters. The molecule has 6 nitrogen and oxygen atoms in total. The maximum absolute atomic E-state index is 13.3. The molecule has 0 aromatic heterocycles. The minimum absolute atomic E-state index is 0. The van der Waals surface area contributed by atoms with Gasteiger partial charge in [-0.1, -0.05) is 84.9 Å². The van der Waals surface area contributed by atoms with Gasteiger partial charge in [-0.3, -0.25) is 9.69 Å². The van der Waals surface area contributed by atoms with E-state index in [0.717, 1.165) is 74.4 Å². The van der Waals surface area contributed by atoms with Crippen LogP contribution in [0.15, 0.2) is 121 Å². The van der Waals surface area contributed by atoms with Gasteiger partial charge < -0.3 is 19.5 Å². The summed E-state index contributed by atoms with van der Waals surface area (Å²) < 4.78 is 30.3. The molecule has 5 aromatic carbocycles. The van der Waals surface area contributed by atoms with Crippen LogP contribution in [0.2, 0.25) is 0 Å². The van der Waals surface area contributed by atoms with Crippen molar-refractivity contribution in [2.45, 2.75) is 62.8 Å². The number of carbonyl (C=O) groups is 1. The Kier molecular flexibility index (Phi) is 15.2. The first-order chi connectivity index (χ1) is 26.4. The molecule has 290 valence electrons. The standard InChI is InChI=1S/C47H53FN2O4.ClH/c1-52-41-23-18-36(19-24-41)32-43-42-34-45(54-3)44(53-2)33-37(42)26-31-50(43)30-11-28-47(38-12-6-4-7-13-38,39-14-8-5-9-15-39)27-10-29-49-46(51)25-20-35-16-21-40(48)22-17-35;/h4-9,12-19,21-24,33-34,43H,10-11,20,25-32H2,1-3H3,(H,49,51);1H. The maximum atomic E-state index is 13.3. The van der Waals surface area contributed by atoms with Crippen molar-refractivity contribution in [2.75, 3.05) is 41.0 Å². The number of aryl methyl sites for hydroxylation is 1. The molecule has 6 rings (SSSR count). The van der Waals surface area contributed by atoms with Gasteiger partial charge in [0.1, 0.15) is 11.6 Å². The van der Waals surface area contributed by atoms with Gasteiger partial charge in [0.05, 0.1) is 21.3 Å². The molecule has 1 atom stereocenters. The van der Waals surface area contributed by atoms with Crippen LogP contribution < -0.4 is 19.5 Å². The van der Waals surface area contributed by atoms with Crippen LogP contribution in [0.5, 0.6) is 17.2 Å². The zero-order valence-corrected chi connectivity index (χ0v) is 33.1. The first-order valence-corrected chi connectivity index (χ1v) is 19.2. The predicted molar refractivity (Wildman–Crippen MR) is 221 cm³/mol. The molecule has 8 heteroatoms. The number of halogens is 2. The van der Waals surface area contributed by atoms with Gasteiger partial charge in [0, 0.05) is 31.0 Å². The van der Waals surface area contributed by atoms with Gasteiger partial charge >= 0.3 is 0 Å². The number of hydrogen-bond acceptors (Lipinski definition) is 5. The molecule has 0 bridgehead atoms. The highest BCUT2D eigenvalue weighted by Crippen LogP contribution is 2.43. The Morgan fingerprint density at radius 3 is 1.98 bits per heavy atom. The minimum atomic E-state index is -0.264. The Morgan fingerprint density at radius 2 is 1.36 bits per heavy atom. The number of hydrogen-bond donors (Lipinski definition) is 1. The Hall–Kier alpha value is -4.85. The minimum Gasteiger partial charge on any atom is -0.497 e. The molecular weight excluding hydrogens is 711 g/mol. The smallest absolute Gasteiger partial charge is 0.220 e. The van der Waals surface area contributed by atoms with E-state index in [1.165, 1.54) is 39.9 Å². The first-order valence-electron chi connectivity index (χ1n) is 19.2. The van der Waals surface area contributed by atoms with Gasteiger partial charge in [0.2, 0.25) is 5.91 Å². The molecule has 1 aliphatic rings. The third kappa shape index (κ3) is 10.5. The first kappa shape index (κ1) is 41.3. The summed E-state index contributed by atoms with van der Waals surface area (Å²) in [6.45, 7) is 2.49. The quantitative estimate of drug-likeness (QED) is 0.0901. The van der Waals surface area contributed by atoms with Gasteiger partial charge in [-0.15, -0.1) is 12.4 Å². The molecule has 1 aliphatic heterocycles. The van der Waals surface area contributed by atoms with Crippen LogP contribution in [-0.4, -0.2) is 51.8 Å². The molecule has 0 spiro atoms. The second kappa shape index (κ2) is 20.2. The number of nitrogens with zero attached hydrogens (tertiary/aromatic N) is 1. The van der Waals surface area contributed by atoms with Crippen LogP contribution >= 0.6 is 12.4 Å². The van der Waals surface area contributed by atoms with E-state index in [-0.39, 0.29) is 35.6 Å². The number of amides is 1.